The fourth-order valence-electron chi connectivity index (χ4n) is 0.944. The van der Waals surface area contributed by atoms with Crippen molar-refractivity contribution in [1.82, 2.24) is 4.90 Å². The minimum atomic E-state index is -0.290. The van der Waals surface area contributed by atoms with Crippen LogP contribution in [0.1, 0.15) is 39.5 Å². The Hall–Kier alpha value is -0.440. The number of ether oxygens (including phenoxy) is 1. The minimum absolute atomic E-state index is 0.213. The van der Waals surface area contributed by atoms with Crippen molar-refractivity contribution >= 4 is 17.7 Å². The molecule has 0 aliphatic carbocycles. The van der Waals surface area contributed by atoms with Gasteiger partial charge in [0.25, 0.3) is 0 Å². The van der Waals surface area contributed by atoms with Crippen molar-refractivity contribution in [3.8, 4) is 0 Å². The van der Waals surface area contributed by atoms with Crippen LogP contribution in [0.15, 0.2) is 0 Å². The van der Waals surface area contributed by atoms with Gasteiger partial charge in [0.15, 0.2) is 0 Å². The second kappa shape index (κ2) is 9.13. The molecule has 1 amide bonds. The van der Waals surface area contributed by atoms with Gasteiger partial charge in [0.1, 0.15) is 0 Å². The lowest BCUT2D eigenvalue weighted by Crippen LogP contribution is -2.31. The average Bonchev–Trinajstić information content (AvgIpc) is 2.19. The zero-order valence-electron chi connectivity index (χ0n) is 9.09. The molecule has 0 aromatic carbocycles. The Kier molecular flexibility index (Phi) is 8.84. The normalized spacial score (nSPS) is 9.93. The molecule has 0 aliphatic rings. The van der Waals surface area contributed by atoms with E-state index in [1.165, 1.54) is 4.90 Å². The molecule has 0 aromatic rings. The van der Waals surface area contributed by atoms with Gasteiger partial charge in [-0.15, -0.1) is 11.6 Å². The number of halogens is 1. The summed E-state index contributed by atoms with van der Waals surface area (Å²) in [6.45, 7) is 5.32. The zero-order valence-corrected chi connectivity index (χ0v) is 9.85. The molecule has 0 heterocycles. The largest absolute Gasteiger partial charge is 0.449 e. The molecule has 14 heavy (non-hydrogen) atoms. The van der Waals surface area contributed by atoms with Gasteiger partial charge >= 0.3 is 6.09 Å². The molecule has 84 valence electrons. The maximum Gasteiger partial charge on any atom is 0.410 e. The number of rotatable bonds is 7. The molecule has 0 saturated carbocycles. The van der Waals surface area contributed by atoms with Crippen LogP contribution in [0.5, 0.6) is 0 Å². The Labute approximate surface area is 91.4 Å². The van der Waals surface area contributed by atoms with Crippen LogP contribution in [0.3, 0.4) is 0 Å². The van der Waals surface area contributed by atoms with Crippen molar-refractivity contribution in [2.24, 2.45) is 0 Å². The fourth-order valence-corrected chi connectivity index (χ4v) is 1.16. The first-order chi connectivity index (χ1) is 6.76. The van der Waals surface area contributed by atoms with E-state index in [2.05, 4.69) is 13.8 Å². The standard InChI is InChI=1S/C10H20ClNO2/c1-3-5-7-12(9-11)10(13)14-8-6-4-2/h3-9H2,1-2H3. The van der Waals surface area contributed by atoms with Crippen LogP contribution in [-0.4, -0.2) is 30.1 Å². The number of nitrogens with zero attached hydrogens (tertiary/aromatic N) is 1. The first kappa shape index (κ1) is 13.6. The molecule has 4 heteroatoms. The SMILES string of the molecule is CCCCOC(=O)N(CCl)CCCC. The highest BCUT2D eigenvalue weighted by molar-refractivity contribution is 6.18. The fraction of sp³-hybridized carbons (Fsp3) is 0.900. The Bertz CT molecular complexity index is 153. The second-order valence-electron chi connectivity index (χ2n) is 3.20. The Morgan fingerprint density at radius 3 is 2.43 bits per heavy atom. The van der Waals surface area contributed by atoms with E-state index in [9.17, 15) is 4.79 Å². The highest BCUT2D eigenvalue weighted by Gasteiger charge is 2.12. The van der Waals surface area contributed by atoms with Crippen molar-refractivity contribution in [2.75, 3.05) is 19.2 Å². The predicted molar refractivity (Wildman–Crippen MR) is 58.6 cm³/mol. The zero-order chi connectivity index (χ0) is 10.8. The van der Waals surface area contributed by atoms with E-state index in [-0.39, 0.29) is 12.1 Å². The van der Waals surface area contributed by atoms with E-state index < -0.39 is 0 Å². The van der Waals surface area contributed by atoms with Crippen LogP contribution in [-0.2, 0) is 4.74 Å². The quantitative estimate of drug-likeness (QED) is 0.375. The van der Waals surface area contributed by atoms with Crippen LogP contribution >= 0.6 is 11.6 Å². The Morgan fingerprint density at radius 1 is 1.29 bits per heavy atom. The minimum Gasteiger partial charge on any atom is -0.449 e. The maximum absolute atomic E-state index is 11.4. The van der Waals surface area contributed by atoms with Gasteiger partial charge in [0.05, 0.1) is 12.6 Å². The summed E-state index contributed by atoms with van der Waals surface area (Å²) in [5.41, 5.74) is 0. The maximum atomic E-state index is 11.4. The molecule has 3 nitrogen and oxygen atoms in total. The van der Waals surface area contributed by atoms with Crippen molar-refractivity contribution in [1.29, 1.82) is 0 Å². The number of carbonyl (C=O) groups excluding carboxylic acids is 1. The summed E-state index contributed by atoms with van der Waals surface area (Å²) in [5.74, 6) is 0. The summed E-state index contributed by atoms with van der Waals surface area (Å²) in [5, 5.41) is 0. The van der Waals surface area contributed by atoms with Gasteiger partial charge in [-0.3, -0.25) is 4.90 Å². The van der Waals surface area contributed by atoms with Crippen LogP contribution in [0.25, 0.3) is 0 Å². The average molecular weight is 222 g/mol. The summed E-state index contributed by atoms with van der Waals surface area (Å²) in [4.78, 5) is 12.9. The Morgan fingerprint density at radius 2 is 1.93 bits per heavy atom. The van der Waals surface area contributed by atoms with Crippen molar-refractivity contribution in [3.63, 3.8) is 0 Å². The first-order valence-electron chi connectivity index (χ1n) is 5.23. The number of alkyl halides is 1. The smallest absolute Gasteiger partial charge is 0.410 e. The molecule has 0 atom stereocenters. The van der Waals surface area contributed by atoms with E-state index >= 15 is 0 Å². The predicted octanol–water partition coefficient (Wildman–Crippen LogP) is 3.22. The molecule has 0 aliphatic heterocycles. The lowest BCUT2D eigenvalue weighted by molar-refractivity contribution is 0.107. The Balaban J connectivity index is 3.67. The first-order valence-corrected chi connectivity index (χ1v) is 5.77. The number of unbranched alkanes of at least 4 members (excludes halogenated alkanes) is 2. The molecular formula is C10H20ClNO2. The van der Waals surface area contributed by atoms with Crippen molar-refractivity contribution in [3.05, 3.63) is 0 Å². The van der Waals surface area contributed by atoms with Gasteiger partial charge in [-0.25, -0.2) is 4.79 Å². The highest BCUT2D eigenvalue weighted by Crippen LogP contribution is 2.01. The van der Waals surface area contributed by atoms with E-state index in [4.69, 9.17) is 16.3 Å². The molecule has 0 radical (unpaired) electrons. The third-order valence-electron chi connectivity index (χ3n) is 1.91. The summed E-state index contributed by atoms with van der Waals surface area (Å²) >= 11 is 5.64. The van der Waals surface area contributed by atoms with Crippen LogP contribution in [0, 0.1) is 0 Å². The molecule has 0 fully saturated rings. The van der Waals surface area contributed by atoms with Crippen molar-refractivity contribution < 1.29 is 9.53 Å². The molecule has 0 rings (SSSR count). The summed E-state index contributed by atoms with van der Waals surface area (Å²) < 4.78 is 5.04. The van der Waals surface area contributed by atoms with E-state index in [0.717, 1.165) is 25.7 Å². The van der Waals surface area contributed by atoms with E-state index in [1.54, 1.807) is 0 Å². The van der Waals surface area contributed by atoms with Crippen LogP contribution < -0.4 is 0 Å². The summed E-state index contributed by atoms with van der Waals surface area (Å²) in [6, 6.07) is 0.213. The lowest BCUT2D eigenvalue weighted by atomic mass is 10.3. The number of carbonyl (C=O) groups is 1. The van der Waals surface area contributed by atoms with Gasteiger partial charge in [0.2, 0.25) is 0 Å². The van der Waals surface area contributed by atoms with E-state index in [1.807, 2.05) is 0 Å². The van der Waals surface area contributed by atoms with Gasteiger partial charge in [-0.05, 0) is 12.8 Å². The van der Waals surface area contributed by atoms with Crippen LogP contribution in [0.2, 0.25) is 0 Å². The van der Waals surface area contributed by atoms with Gasteiger partial charge < -0.3 is 4.74 Å². The molecule has 0 spiro atoms. The van der Waals surface area contributed by atoms with Gasteiger partial charge in [0, 0.05) is 6.54 Å². The highest BCUT2D eigenvalue weighted by atomic mass is 35.5. The van der Waals surface area contributed by atoms with Crippen LogP contribution in [0.4, 0.5) is 4.79 Å². The topological polar surface area (TPSA) is 29.5 Å². The van der Waals surface area contributed by atoms with Crippen molar-refractivity contribution in [2.45, 2.75) is 39.5 Å². The third kappa shape index (κ3) is 6.08. The molecule has 0 saturated heterocycles. The summed E-state index contributed by atoms with van der Waals surface area (Å²) in [7, 11) is 0. The monoisotopic (exact) mass is 221 g/mol. The second-order valence-corrected chi connectivity index (χ2v) is 3.44. The third-order valence-corrected chi connectivity index (χ3v) is 2.20. The molecule has 0 aromatic heterocycles. The van der Waals surface area contributed by atoms with E-state index in [0.29, 0.717) is 13.2 Å². The molecular weight excluding hydrogens is 202 g/mol. The van der Waals surface area contributed by atoms with Gasteiger partial charge in [-0.2, -0.15) is 0 Å². The lowest BCUT2D eigenvalue weighted by Gasteiger charge is -2.18. The number of hydrogen-bond donors (Lipinski definition) is 0. The molecule has 0 N–H and O–H groups in total. The summed E-state index contributed by atoms with van der Waals surface area (Å²) in [6.07, 6.45) is 3.67. The number of amides is 1. The molecule has 0 bridgehead atoms. The number of hydrogen-bond acceptors (Lipinski definition) is 2. The molecule has 0 unspecified atom stereocenters. The van der Waals surface area contributed by atoms with Gasteiger partial charge in [-0.1, -0.05) is 26.7 Å².